The molecule has 0 heterocycles. The highest BCUT2D eigenvalue weighted by atomic mass is 32.2. The summed E-state index contributed by atoms with van der Waals surface area (Å²) in [6, 6.07) is 7.04. The van der Waals surface area contributed by atoms with E-state index in [-0.39, 0.29) is 24.2 Å². The van der Waals surface area contributed by atoms with Gasteiger partial charge in [0.05, 0.1) is 6.42 Å². The maximum atomic E-state index is 12.7. The van der Waals surface area contributed by atoms with Crippen LogP contribution in [-0.2, 0) is 20.1 Å². The number of anilines is 1. The van der Waals surface area contributed by atoms with Crippen molar-refractivity contribution in [2.75, 3.05) is 11.1 Å². The van der Waals surface area contributed by atoms with Crippen molar-refractivity contribution >= 4 is 35.2 Å². The van der Waals surface area contributed by atoms with Crippen LogP contribution in [0.5, 0.6) is 0 Å². The van der Waals surface area contributed by atoms with Gasteiger partial charge in [-0.05, 0) is 36.5 Å². The second-order valence-electron chi connectivity index (χ2n) is 6.61. The average Bonchev–Trinajstić information content (AvgIpc) is 3.11. The summed E-state index contributed by atoms with van der Waals surface area (Å²) in [4.78, 5) is 34.7. The first kappa shape index (κ1) is 20.3. The Labute approximate surface area is 158 Å². The van der Waals surface area contributed by atoms with Gasteiger partial charge in [0.25, 0.3) is 0 Å². The molecule has 1 saturated carbocycles. The van der Waals surface area contributed by atoms with E-state index in [0.29, 0.717) is 17.2 Å². The van der Waals surface area contributed by atoms with Gasteiger partial charge in [-0.25, -0.2) is 0 Å². The monoisotopic (exact) mass is 378 g/mol. The van der Waals surface area contributed by atoms with Crippen LogP contribution in [0.2, 0.25) is 0 Å². The van der Waals surface area contributed by atoms with Crippen LogP contribution in [0.1, 0.15) is 44.6 Å². The Balaban J connectivity index is 1.94. The zero-order valence-electron chi connectivity index (χ0n) is 15.0. The Morgan fingerprint density at radius 2 is 2.00 bits per heavy atom. The molecule has 2 amide bonds. The first-order valence-corrected chi connectivity index (χ1v) is 10.1. The predicted molar refractivity (Wildman–Crippen MR) is 103 cm³/mol. The van der Waals surface area contributed by atoms with E-state index in [1.807, 2.05) is 24.3 Å². The second kappa shape index (κ2) is 10.2. The van der Waals surface area contributed by atoms with Gasteiger partial charge in [0.15, 0.2) is 0 Å². The highest BCUT2D eigenvalue weighted by Gasteiger charge is 2.31. The molecular weight excluding hydrogens is 352 g/mol. The molecule has 1 unspecified atom stereocenters. The molecule has 0 radical (unpaired) electrons. The minimum atomic E-state index is -0.797. The molecule has 142 valence electrons. The van der Waals surface area contributed by atoms with E-state index in [1.54, 1.807) is 11.8 Å². The van der Waals surface area contributed by atoms with Gasteiger partial charge in [-0.3, -0.25) is 14.4 Å². The van der Waals surface area contributed by atoms with Crippen LogP contribution in [0.3, 0.4) is 0 Å². The molecule has 6 nitrogen and oxygen atoms in total. The third-order valence-electron chi connectivity index (χ3n) is 4.44. The summed E-state index contributed by atoms with van der Waals surface area (Å²) in [5.74, 6) is 0.263. The van der Waals surface area contributed by atoms with E-state index in [9.17, 15) is 14.4 Å². The van der Waals surface area contributed by atoms with Crippen LogP contribution >= 0.6 is 11.8 Å². The topological polar surface area (TPSA) is 95.5 Å². The summed E-state index contributed by atoms with van der Waals surface area (Å²) in [6.07, 6.45) is 4.24. The van der Waals surface area contributed by atoms with Gasteiger partial charge in [-0.1, -0.05) is 25.0 Å². The molecule has 1 aromatic rings. The van der Waals surface area contributed by atoms with Crippen molar-refractivity contribution in [2.45, 2.75) is 50.8 Å². The van der Waals surface area contributed by atoms with Crippen molar-refractivity contribution < 1.29 is 19.5 Å². The van der Waals surface area contributed by atoms with Crippen LogP contribution < -0.4 is 10.6 Å². The smallest absolute Gasteiger partial charge is 0.304 e. The van der Waals surface area contributed by atoms with Gasteiger partial charge in [-0.15, -0.1) is 0 Å². The first-order valence-electron chi connectivity index (χ1n) is 8.92. The first-order chi connectivity index (χ1) is 12.5. The minimum Gasteiger partial charge on any atom is -0.481 e. The number of thioether (sulfide) groups is 1. The molecule has 26 heavy (non-hydrogen) atoms. The molecule has 7 heteroatoms. The van der Waals surface area contributed by atoms with E-state index >= 15 is 0 Å². The fourth-order valence-corrected chi connectivity index (χ4v) is 4.09. The molecule has 0 saturated heterocycles. The van der Waals surface area contributed by atoms with Crippen molar-refractivity contribution in [3.05, 3.63) is 29.8 Å². The highest BCUT2D eigenvalue weighted by Crippen LogP contribution is 2.28. The summed E-state index contributed by atoms with van der Waals surface area (Å²) in [7, 11) is 0. The summed E-state index contributed by atoms with van der Waals surface area (Å²) < 4.78 is 0. The number of carbonyl (C=O) groups is 3. The van der Waals surface area contributed by atoms with E-state index < -0.39 is 12.0 Å². The number of amides is 2. The normalized spacial score (nSPS) is 15.4. The second-order valence-corrected chi connectivity index (χ2v) is 7.71. The fourth-order valence-electron chi connectivity index (χ4n) is 3.22. The molecule has 1 aliphatic carbocycles. The number of hydrogen-bond donors (Lipinski definition) is 3. The highest BCUT2D eigenvalue weighted by molar-refractivity contribution is 7.98. The SMILES string of the molecule is CC(=O)NC(C(=O)Nc1cccc(CSCCC(=O)O)c1)C1CCCC1. The average molecular weight is 378 g/mol. The molecule has 1 aromatic carbocycles. The molecule has 0 aromatic heterocycles. The summed E-state index contributed by atoms with van der Waals surface area (Å²) in [6.45, 7) is 1.43. The Hall–Kier alpha value is -2.02. The zero-order valence-corrected chi connectivity index (χ0v) is 15.8. The maximum Gasteiger partial charge on any atom is 0.304 e. The lowest BCUT2D eigenvalue weighted by atomic mass is 9.97. The van der Waals surface area contributed by atoms with E-state index in [4.69, 9.17) is 5.11 Å². The number of nitrogens with one attached hydrogen (secondary N) is 2. The molecule has 1 atom stereocenters. The van der Waals surface area contributed by atoms with Crippen molar-refractivity contribution in [1.82, 2.24) is 5.32 Å². The van der Waals surface area contributed by atoms with Crippen molar-refractivity contribution in [1.29, 1.82) is 0 Å². The van der Waals surface area contributed by atoms with Gasteiger partial charge in [0.1, 0.15) is 6.04 Å². The molecule has 0 bridgehead atoms. The number of benzene rings is 1. The van der Waals surface area contributed by atoms with Gasteiger partial charge < -0.3 is 15.7 Å². The Bertz CT molecular complexity index is 644. The standard InChI is InChI=1S/C19H26N2O4S/c1-13(22)20-18(15-6-2-3-7-15)19(25)21-16-8-4-5-14(11-16)12-26-10-9-17(23)24/h4-5,8,11,15,18H,2-3,6-7,9-10,12H2,1H3,(H,20,22)(H,21,25)(H,23,24). The quantitative estimate of drug-likeness (QED) is 0.574. The van der Waals surface area contributed by atoms with Crippen LogP contribution in [0.15, 0.2) is 24.3 Å². The maximum absolute atomic E-state index is 12.7. The lowest BCUT2D eigenvalue weighted by Gasteiger charge is -2.23. The third kappa shape index (κ3) is 6.71. The van der Waals surface area contributed by atoms with E-state index in [0.717, 1.165) is 31.2 Å². The molecule has 1 fully saturated rings. The fraction of sp³-hybridized carbons (Fsp3) is 0.526. The molecule has 0 spiro atoms. The predicted octanol–water partition coefficient (Wildman–Crippen LogP) is 3.03. The number of rotatable bonds is 9. The summed E-state index contributed by atoms with van der Waals surface area (Å²) >= 11 is 1.55. The van der Waals surface area contributed by atoms with Crippen LogP contribution in [-0.4, -0.2) is 34.7 Å². The molecule has 0 aliphatic heterocycles. The molecule has 1 aliphatic rings. The van der Waals surface area contributed by atoms with Crippen molar-refractivity contribution in [3.63, 3.8) is 0 Å². The summed E-state index contributed by atoms with van der Waals surface area (Å²) in [5, 5.41) is 14.4. The van der Waals surface area contributed by atoms with Crippen LogP contribution in [0.4, 0.5) is 5.69 Å². The van der Waals surface area contributed by atoms with Crippen LogP contribution in [0, 0.1) is 5.92 Å². The van der Waals surface area contributed by atoms with E-state index in [1.165, 1.54) is 6.92 Å². The Kier molecular flexibility index (Phi) is 7.97. The van der Waals surface area contributed by atoms with Gasteiger partial charge in [0, 0.05) is 24.1 Å². The minimum absolute atomic E-state index is 0.140. The van der Waals surface area contributed by atoms with Gasteiger partial charge in [-0.2, -0.15) is 11.8 Å². The van der Waals surface area contributed by atoms with Crippen molar-refractivity contribution in [3.8, 4) is 0 Å². The largest absolute Gasteiger partial charge is 0.481 e. The lowest BCUT2D eigenvalue weighted by molar-refractivity contribution is -0.136. The molecular formula is C19H26N2O4S. The zero-order chi connectivity index (χ0) is 18.9. The number of carboxylic acid groups (broad SMARTS) is 1. The number of carboxylic acids is 1. The van der Waals surface area contributed by atoms with Crippen LogP contribution in [0.25, 0.3) is 0 Å². The van der Waals surface area contributed by atoms with E-state index in [2.05, 4.69) is 10.6 Å². The summed E-state index contributed by atoms with van der Waals surface area (Å²) in [5.41, 5.74) is 1.72. The van der Waals surface area contributed by atoms with Gasteiger partial charge >= 0.3 is 5.97 Å². The Morgan fingerprint density at radius 1 is 1.27 bits per heavy atom. The van der Waals surface area contributed by atoms with Gasteiger partial charge in [0.2, 0.25) is 11.8 Å². The molecule has 3 N–H and O–H groups in total. The lowest BCUT2D eigenvalue weighted by Crippen LogP contribution is -2.47. The Morgan fingerprint density at radius 3 is 2.65 bits per heavy atom. The number of hydrogen-bond acceptors (Lipinski definition) is 4. The van der Waals surface area contributed by atoms with Crippen molar-refractivity contribution in [2.24, 2.45) is 5.92 Å². The molecule has 2 rings (SSSR count). The number of carbonyl (C=O) groups excluding carboxylic acids is 2. The third-order valence-corrected chi connectivity index (χ3v) is 5.47. The number of aliphatic carboxylic acids is 1.